The van der Waals surface area contributed by atoms with Crippen LogP contribution in [0, 0.1) is 0 Å². The number of rotatable bonds is 6. The molecule has 1 fully saturated rings. The number of nitrogens with zero attached hydrogens (tertiary/aromatic N) is 2. The molecule has 2 rings (SSSR count). The number of anilines is 2. The van der Waals surface area contributed by atoms with Crippen LogP contribution in [0.15, 0.2) is 0 Å². The first-order chi connectivity index (χ1) is 7.77. The Kier molecular flexibility index (Phi) is 3.69. The summed E-state index contributed by atoms with van der Waals surface area (Å²) in [5.41, 5.74) is 7.31. The maximum atomic E-state index is 5.98. The molecule has 0 radical (unpaired) electrons. The highest BCUT2D eigenvalue weighted by Gasteiger charge is 2.31. The second kappa shape index (κ2) is 5.04. The number of unbranched alkanes of at least 4 members (excludes halogenated alkanes) is 1. The van der Waals surface area contributed by atoms with Gasteiger partial charge in [-0.15, -0.1) is 0 Å². The summed E-state index contributed by atoms with van der Waals surface area (Å²) in [4.78, 5) is 2.44. The minimum Gasteiger partial charge on any atom is -0.383 e. The van der Waals surface area contributed by atoms with Crippen molar-refractivity contribution in [3.05, 3.63) is 5.56 Å². The summed E-state index contributed by atoms with van der Waals surface area (Å²) < 4.78 is 4.33. The summed E-state index contributed by atoms with van der Waals surface area (Å²) in [6.07, 6.45) is 5.07. The van der Waals surface area contributed by atoms with Gasteiger partial charge in [0.2, 0.25) is 0 Å². The van der Waals surface area contributed by atoms with Crippen molar-refractivity contribution >= 4 is 22.4 Å². The second-order valence-electron chi connectivity index (χ2n) is 4.49. The minimum atomic E-state index is 0.699. The third-order valence-electron chi connectivity index (χ3n) is 3.17. The van der Waals surface area contributed by atoms with Crippen LogP contribution in [0.4, 0.5) is 10.8 Å². The first kappa shape index (κ1) is 11.7. The largest absolute Gasteiger partial charge is 0.383 e. The second-order valence-corrected chi connectivity index (χ2v) is 5.25. The quantitative estimate of drug-likeness (QED) is 0.828. The molecule has 2 N–H and O–H groups in total. The van der Waals surface area contributed by atoms with Crippen LogP contribution in [-0.4, -0.2) is 17.5 Å². The van der Waals surface area contributed by atoms with Gasteiger partial charge in [-0.05, 0) is 43.6 Å². The molecular formula is C12H21N3S. The zero-order chi connectivity index (χ0) is 11.5. The van der Waals surface area contributed by atoms with Gasteiger partial charge < -0.3 is 10.6 Å². The standard InChI is InChI=1S/C12H21N3S/c1-3-5-8-15(4-2)12-10(9-6-7-9)11(13)14-16-12/h9H,3-8H2,1-2H3,(H2,13,14). The molecule has 0 atom stereocenters. The Morgan fingerprint density at radius 3 is 2.75 bits per heavy atom. The molecule has 90 valence electrons. The highest BCUT2D eigenvalue weighted by atomic mass is 32.1. The van der Waals surface area contributed by atoms with Gasteiger partial charge in [0.25, 0.3) is 0 Å². The van der Waals surface area contributed by atoms with Crippen molar-refractivity contribution in [3.63, 3.8) is 0 Å². The van der Waals surface area contributed by atoms with Crippen molar-refractivity contribution in [2.75, 3.05) is 23.7 Å². The Labute approximate surface area is 102 Å². The lowest BCUT2D eigenvalue weighted by atomic mass is 10.2. The van der Waals surface area contributed by atoms with Crippen LogP contribution in [0.1, 0.15) is 51.0 Å². The van der Waals surface area contributed by atoms with Crippen molar-refractivity contribution in [2.45, 2.75) is 45.4 Å². The van der Waals surface area contributed by atoms with Crippen molar-refractivity contribution < 1.29 is 0 Å². The maximum absolute atomic E-state index is 5.98. The van der Waals surface area contributed by atoms with Crippen LogP contribution >= 0.6 is 11.5 Å². The van der Waals surface area contributed by atoms with Gasteiger partial charge in [-0.25, -0.2) is 0 Å². The smallest absolute Gasteiger partial charge is 0.142 e. The van der Waals surface area contributed by atoms with Gasteiger partial charge >= 0.3 is 0 Å². The summed E-state index contributed by atoms with van der Waals surface area (Å²) in [5.74, 6) is 1.47. The summed E-state index contributed by atoms with van der Waals surface area (Å²) in [7, 11) is 0. The van der Waals surface area contributed by atoms with E-state index in [0.717, 1.165) is 18.9 Å². The third kappa shape index (κ3) is 2.32. The van der Waals surface area contributed by atoms with Crippen LogP contribution in [-0.2, 0) is 0 Å². The van der Waals surface area contributed by atoms with Crippen molar-refractivity contribution in [1.82, 2.24) is 4.37 Å². The Balaban J connectivity index is 2.16. The Morgan fingerprint density at radius 1 is 1.44 bits per heavy atom. The molecule has 1 aliphatic rings. The molecule has 4 heteroatoms. The van der Waals surface area contributed by atoms with E-state index in [1.54, 1.807) is 11.5 Å². The number of hydrogen-bond acceptors (Lipinski definition) is 4. The van der Waals surface area contributed by atoms with Crippen molar-refractivity contribution in [2.24, 2.45) is 0 Å². The molecule has 0 aromatic carbocycles. The summed E-state index contributed by atoms with van der Waals surface area (Å²) in [5, 5.41) is 1.33. The average molecular weight is 239 g/mol. The normalized spacial score (nSPS) is 15.4. The topological polar surface area (TPSA) is 42.2 Å². The summed E-state index contributed by atoms with van der Waals surface area (Å²) in [6, 6.07) is 0. The van der Waals surface area contributed by atoms with E-state index in [9.17, 15) is 0 Å². The predicted octanol–water partition coefficient (Wildman–Crippen LogP) is 3.23. The summed E-state index contributed by atoms with van der Waals surface area (Å²) in [6.45, 7) is 6.63. The molecule has 1 heterocycles. The van der Waals surface area contributed by atoms with E-state index >= 15 is 0 Å². The zero-order valence-electron chi connectivity index (χ0n) is 10.2. The SMILES string of the molecule is CCCCN(CC)c1snc(N)c1C1CC1. The average Bonchev–Trinajstić information content (AvgIpc) is 3.05. The van der Waals surface area contributed by atoms with E-state index in [1.807, 2.05) is 0 Å². The maximum Gasteiger partial charge on any atom is 0.142 e. The number of nitrogens with two attached hydrogens (primary N) is 1. The molecule has 0 aliphatic heterocycles. The predicted molar refractivity (Wildman–Crippen MR) is 71.3 cm³/mol. The van der Waals surface area contributed by atoms with Gasteiger partial charge in [-0.2, -0.15) is 4.37 Å². The van der Waals surface area contributed by atoms with Crippen LogP contribution < -0.4 is 10.6 Å². The van der Waals surface area contributed by atoms with E-state index in [2.05, 4.69) is 23.1 Å². The van der Waals surface area contributed by atoms with Crippen LogP contribution in [0.5, 0.6) is 0 Å². The van der Waals surface area contributed by atoms with Gasteiger partial charge in [-0.3, -0.25) is 0 Å². The number of nitrogen functional groups attached to an aromatic ring is 1. The monoisotopic (exact) mass is 239 g/mol. The molecular weight excluding hydrogens is 218 g/mol. The molecule has 16 heavy (non-hydrogen) atoms. The highest BCUT2D eigenvalue weighted by molar-refractivity contribution is 7.10. The van der Waals surface area contributed by atoms with E-state index < -0.39 is 0 Å². The van der Waals surface area contributed by atoms with Crippen LogP contribution in [0.3, 0.4) is 0 Å². The van der Waals surface area contributed by atoms with Crippen LogP contribution in [0.2, 0.25) is 0 Å². The lowest BCUT2D eigenvalue weighted by molar-refractivity contribution is 0.734. The van der Waals surface area contributed by atoms with Gasteiger partial charge in [0.05, 0.1) is 0 Å². The third-order valence-corrected chi connectivity index (χ3v) is 4.11. The Morgan fingerprint density at radius 2 is 2.19 bits per heavy atom. The molecule has 0 saturated heterocycles. The fraction of sp³-hybridized carbons (Fsp3) is 0.750. The van der Waals surface area contributed by atoms with Gasteiger partial charge in [0, 0.05) is 18.7 Å². The first-order valence-corrected chi connectivity index (χ1v) is 7.05. The van der Waals surface area contributed by atoms with Crippen molar-refractivity contribution in [3.8, 4) is 0 Å². The van der Waals surface area contributed by atoms with E-state index in [4.69, 9.17) is 5.73 Å². The minimum absolute atomic E-state index is 0.699. The highest BCUT2D eigenvalue weighted by Crippen LogP contribution is 2.48. The lowest BCUT2D eigenvalue weighted by Gasteiger charge is -2.22. The molecule has 1 aromatic rings. The van der Waals surface area contributed by atoms with Crippen molar-refractivity contribution in [1.29, 1.82) is 0 Å². The fourth-order valence-corrected chi connectivity index (χ4v) is 3.03. The van der Waals surface area contributed by atoms with E-state index in [-0.39, 0.29) is 0 Å². The number of hydrogen-bond donors (Lipinski definition) is 1. The molecule has 3 nitrogen and oxygen atoms in total. The summed E-state index contributed by atoms with van der Waals surface area (Å²) >= 11 is 1.58. The zero-order valence-corrected chi connectivity index (χ0v) is 11.0. The van der Waals surface area contributed by atoms with Gasteiger partial charge in [0.15, 0.2) is 0 Å². The van der Waals surface area contributed by atoms with Crippen LogP contribution in [0.25, 0.3) is 0 Å². The molecule has 0 spiro atoms. The molecule has 0 unspecified atom stereocenters. The lowest BCUT2D eigenvalue weighted by Crippen LogP contribution is -2.23. The first-order valence-electron chi connectivity index (χ1n) is 6.27. The van der Waals surface area contributed by atoms with Gasteiger partial charge in [-0.1, -0.05) is 13.3 Å². The Hall–Kier alpha value is -0.770. The molecule has 0 amide bonds. The fourth-order valence-electron chi connectivity index (χ4n) is 2.04. The number of aromatic nitrogens is 1. The van der Waals surface area contributed by atoms with E-state index in [0.29, 0.717) is 5.92 Å². The molecule has 0 bridgehead atoms. The Bertz CT molecular complexity index is 344. The van der Waals surface area contributed by atoms with Gasteiger partial charge in [0.1, 0.15) is 10.8 Å². The molecule has 1 aliphatic carbocycles. The molecule has 1 aromatic heterocycles. The molecule has 1 saturated carbocycles. The van der Waals surface area contributed by atoms with E-state index in [1.165, 1.54) is 36.2 Å².